The van der Waals surface area contributed by atoms with E-state index in [9.17, 15) is 0 Å². The highest BCUT2D eigenvalue weighted by Crippen LogP contribution is 2.31. The van der Waals surface area contributed by atoms with Gasteiger partial charge in [0.15, 0.2) is 0 Å². The minimum Gasteiger partial charge on any atom is -0.470 e. The molecule has 1 aliphatic carbocycles. The number of aromatic nitrogens is 1. The molecule has 2 rings (SSSR count). The number of pyridine rings is 1. The predicted molar refractivity (Wildman–Crippen MR) is 92.2 cm³/mol. The van der Waals surface area contributed by atoms with Crippen molar-refractivity contribution in [2.75, 3.05) is 17.3 Å². The van der Waals surface area contributed by atoms with Crippen LogP contribution >= 0.6 is 11.8 Å². The first kappa shape index (κ1) is 16.3. The SMILES string of the molecule is CSC1CCCCC1Nc1ccc(N)c(OC(C)(C)C)n1. The first-order valence-electron chi connectivity index (χ1n) is 7.64. The van der Waals surface area contributed by atoms with Gasteiger partial charge in [-0.25, -0.2) is 0 Å². The Hall–Kier alpha value is -1.10. The number of hydrogen-bond acceptors (Lipinski definition) is 5. The lowest BCUT2D eigenvalue weighted by molar-refractivity contribution is 0.125. The van der Waals surface area contributed by atoms with Crippen molar-refractivity contribution >= 4 is 23.3 Å². The number of rotatable bonds is 4. The molecule has 1 fully saturated rings. The molecule has 4 nitrogen and oxygen atoms in total. The summed E-state index contributed by atoms with van der Waals surface area (Å²) >= 11 is 1.94. The standard InChI is InChI=1S/C16H27N3OS/c1-16(2,3)20-15-11(17)9-10-14(19-15)18-12-7-5-6-8-13(12)21-4/h9-10,12-13H,5-8,17H2,1-4H3,(H,18,19). The Morgan fingerprint density at radius 1 is 1.29 bits per heavy atom. The summed E-state index contributed by atoms with van der Waals surface area (Å²) < 4.78 is 5.83. The van der Waals surface area contributed by atoms with Gasteiger partial charge in [0.2, 0.25) is 5.88 Å². The average molecular weight is 309 g/mol. The van der Waals surface area contributed by atoms with Crippen molar-refractivity contribution in [2.45, 2.75) is 63.3 Å². The largest absolute Gasteiger partial charge is 0.470 e. The van der Waals surface area contributed by atoms with Gasteiger partial charge in [-0.3, -0.25) is 0 Å². The summed E-state index contributed by atoms with van der Waals surface area (Å²) in [6.07, 6.45) is 7.29. The van der Waals surface area contributed by atoms with E-state index in [-0.39, 0.29) is 5.60 Å². The second-order valence-corrected chi connectivity index (χ2v) is 7.69. The first-order valence-corrected chi connectivity index (χ1v) is 8.93. The predicted octanol–water partition coefficient (Wildman–Crippen LogP) is 3.93. The number of nitrogens with one attached hydrogen (secondary N) is 1. The molecule has 0 amide bonds. The van der Waals surface area contributed by atoms with E-state index in [4.69, 9.17) is 10.5 Å². The van der Waals surface area contributed by atoms with Crippen LogP contribution in [0.15, 0.2) is 12.1 Å². The van der Waals surface area contributed by atoms with Crippen molar-refractivity contribution in [1.29, 1.82) is 0 Å². The third-order valence-corrected chi connectivity index (χ3v) is 4.80. The van der Waals surface area contributed by atoms with E-state index in [0.717, 1.165) is 5.82 Å². The summed E-state index contributed by atoms with van der Waals surface area (Å²) in [6.45, 7) is 6.00. The third kappa shape index (κ3) is 4.70. The molecule has 0 aromatic carbocycles. The van der Waals surface area contributed by atoms with Gasteiger partial charge in [0, 0.05) is 11.3 Å². The minimum atomic E-state index is -0.299. The smallest absolute Gasteiger partial charge is 0.239 e. The fourth-order valence-corrected chi connectivity index (χ4v) is 3.57. The van der Waals surface area contributed by atoms with Gasteiger partial charge in [-0.1, -0.05) is 12.8 Å². The maximum absolute atomic E-state index is 5.96. The zero-order chi connectivity index (χ0) is 15.5. The molecule has 2 atom stereocenters. The molecule has 1 aromatic rings. The monoisotopic (exact) mass is 309 g/mol. The van der Waals surface area contributed by atoms with E-state index in [1.54, 1.807) is 0 Å². The summed E-state index contributed by atoms with van der Waals surface area (Å²) in [5.41, 5.74) is 6.25. The molecule has 118 valence electrons. The van der Waals surface area contributed by atoms with E-state index < -0.39 is 0 Å². The molecule has 1 saturated carbocycles. The number of nitrogen functional groups attached to an aromatic ring is 1. The van der Waals surface area contributed by atoms with Crippen LogP contribution < -0.4 is 15.8 Å². The fraction of sp³-hybridized carbons (Fsp3) is 0.688. The molecule has 21 heavy (non-hydrogen) atoms. The lowest BCUT2D eigenvalue weighted by Crippen LogP contribution is -2.34. The second kappa shape index (κ2) is 6.77. The first-order chi connectivity index (χ1) is 9.89. The normalized spacial score (nSPS) is 22.9. The quantitative estimate of drug-likeness (QED) is 0.882. The molecule has 0 radical (unpaired) electrons. The zero-order valence-electron chi connectivity index (χ0n) is 13.5. The Balaban J connectivity index is 2.11. The van der Waals surface area contributed by atoms with Crippen LogP contribution in [0.25, 0.3) is 0 Å². The van der Waals surface area contributed by atoms with Gasteiger partial charge >= 0.3 is 0 Å². The Morgan fingerprint density at radius 3 is 2.67 bits per heavy atom. The molecular weight excluding hydrogens is 282 g/mol. The van der Waals surface area contributed by atoms with E-state index in [2.05, 4.69) is 16.6 Å². The number of hydrogen-bond donors (Lipinski definition) is 2. The molecule has 1 aliphatic rings. The molecule has 2 unspecified atom stereocenters. The highest BCUT2D eigenvalue weighted by molar-refractivity contribution is 7.99. The van der Waals surface area contributed by atoms with E-state index >= 15 is 0 Å². The fourth-order valence-electron chi connectivity index (χ4n) is 2.64. The number of ether oxygens (including phenoxy) is 1. The van der Waals surface area contributed by atoms with Crippen LogP contribution in [0.5, 0.6) is 5.88 Å². The van der Waals surface area contributed by atoms with Crippen molar-refractivity contribution in [3.05, 3.63) is 12.1 Å². The van der Waals surface area contributed by atoms with Gasteiger partial charge in [-0.05, 0) is 52.0 Å². The van der Waals surface area contributed by atoms with Crippen LogP contribution in [0.3, 0.4) is 0 Å². The highest BCUT2D eigenvalue weighted by Gasteiger charge is 2.25. The highest BCUT2D eigenvalue weighted by atomic mass is 32.2. The van der Waals surface area contributed by atoms with Crippen molar-refractivity contribution in [1.82, 2.24) is 4.98 Å². The Bertz CT molecular complexity index is 473. The topological polar surface area (TPSA) is 60.2 Å². The Kier molecular flexibility index (Phi) is 5.25. The van der Waals surface area contributed by atoms with Crippen molar-refractivity contribution in [2.24, 2.45) is 0 Å². The Labute approximate surface area is 132 Å². The molecule has 1 heterocycles. The molecule has 0 spiro atoms. The van der Waals surface area contributed by atoms with Crippen molar-refractivity contribution < 1.29 is 4.74 Å². The minimum absolute atomic E-state index is 0.299. The van der Waals surface area contributed by atoms with Crippen molar-refractivity contribution in [3.8, 4) is 5.88 Å². The van der Waals surface area contributed by atoms with E-state index in [0.29, 0.717) is 22.9 Å². The zero-order valence-corrected chi connectivity index (χ0v) is 14.3. The number of thioether (sulfide) groups is 1. The second-order valence-electron chi connectivity index (χ2n) is 6.61. The molecule has 0 saturated heterocycles. The maximum atomic E-state index is 5.96. The lowest BCUT2D eigenvalue weighted by atomic mass is 9.95. The molecule has 0 aliphatic heterocycles. The van der Waals surface area contributed by atoms with Gasteiger partial charge in [0.25, 0.3) is 0 Å². The number of nitrogens with two attached hydrogens (primary N) is 1. The van der Waals surface area contributed by atoms with Crippen molar-refractivity contribution in [3.63, 3.8) is 0 Å². The van der Waals surface area contributed by atoms with E-state index in [1.807, 2.05) is 44.7 Å². The maximum Gasteiger partial charge on any atom is 0.239 e. The van der Waals surface area contributed by atoms with Crippen LogP contribution in [-0.2, 0) is 0 Å². The van der Waals surface area contributed by atoms with Crippen LogP contribution in [0.2, 0.25) is 0 Å². The van der Waals surface area contributed by atoms with E-state index in [1.165, 1.54) is 25.7 Å². The van der Waals surface area contributed by atoms with Gasteiger partial charge in [0.05, 0.1) is 5.69 Å². The summed E-state index contributed by atoms with van der Waals surface area (Å²) in [4.78, 5) is 4.55. The molecule has 5 heteroatoms. The van der Waals surface area contributed by atoms with Gasteiger partial charge in [-0.15, -0.1) is 0 Å². The molecule has 0 bridgehead atoms. The average Bonchev–Trinajstić information content (AvgIpc) is 2.41. The summed E-state index contributed by atoms with van der Waals surface area (Å²) in [5.74, 6) is 1.37. The lowest BCUT2D eigenvalue weighted by Gasteiger charge is -2.31. The third-order valence-electron chi connectivity index (χ3n) is 3.63. The Morgan fingerprint density at radius 2 is 2.00 bits per heavy atom. The van der Waals surface area contributed by atoms with Crippen LogP contribution in [-0.4, -0.2) is 28.1 Å². The van der Waals surface area contributed by atoms with Crippen LogP contribution in [0.4, 0.5) is 11.5 Å². The van der Waals surface area contributed by atoms with Crippen LogP contribution in [0.1, 0.15) is 46.5 Å². The number of anilines is 2. The van der Waals surface area contributed by atoms with Gasteiger partial charge in [0.1, 0.15) is 11.4 Å². The molecule has 1 aromatic heterocycles. The molecular formula is C16H27N3OS. The summed E-state index contributed by atoms with van der Waals surface area (Å²) in [6, 6.07) is 4.29. The van der Waals surface area contributed by atoms with Crippen LogP contribution in [0, 0.1) is 0 Å². The molecule has 3 N–H and O–H groups in total. The van der Waals surface area contributed by atoms with Gasteiger partial charge < -0.3 is 15.8 Å². The summed E-state index contributed by atoms with van der Waals surface area (Å²) in [5, 5.41) is 4.23. The number of nitrogens with zero attached hydrogens (tertiary/aromatic N) is 1. The summed E-state index contributed by atoms with van der Waals surface area (Å²) in [7, 11) is 0. The van der Waals surface area contributed by atoms with Gasteiger partial charge in [-0.2, -0.15) is 16.7 Å².